The summed E-state index contributed by atoms with van der Waals surface area (Å²) in [5.41, 5.74) is 5.74. The number of nitrogens with two attached hydrogens (primary N) is 1. The van der Waals surface area contributed by atoms with Crippen molar-refractivity contribution in [1.29, 1.82) is 5.41 Å². The Morgan fingerprint density at radius 2 is 2.24 bits per heavy atom. The lowest BCUT2D eigenvalue weighted by Crippen LogP contribution is -2.12. The van der Waals surface area contributed by atoms with Crippen molar-refractivity contribution in [2.75, 3.05) is 0 Å². The molecule has 6 heteroatoms. The fourth-order valence-electron chi connectivity index (χ4n) is 1.31. The molecular formula is C11H13N5O. The second-order valence-corrected chi connectivity index (χ2v) is 3.43. The average molecular weight is 231 g/mol. The third-order valence-electron chi connectivity index (χ3n) is 2.18. The third-order valence-corrected chi connectivity index (χ3v) is 2.18. The van der Waals surface area contributed by atoms with Crippen molar-refractivity contribution in [3.8, 4) is 11.5 Å². The monoisotopic (exact) mass is 231 g/mol. The van der Waals surface area contributed by atoms with Gasteiger partial charge in [0.05, 0.1) is 18.6 Å². The molecule has 2 rings (SSSR count). The molecule has 2 heterocycles. The number of hydrogen-bond donors (Lipinski definition) is 2. The summed E-state index contributed by atoms with van der Waals surface area (Å²) in [4.78, 5) is 4.00. The van der Waals surface area contributed by atoms with Crippen LogP contribution in [0.4, 0.5) is 0 Å². The van der Waals surface area contributed by atoms with Crippen LogP contribution in [0.15, 0.2) is 30.7 Å². The number of aryl methyl sites for hydroxylation is 1. The number of aromatic nitrogens is 3. The number of hydrogen-bond acceptors (Lipinski definition) is 4. The summed E-state index contributed by atoms with van der Waals surface area (Å²) >= 11 is 0. The summed E-state index contributed by atoms with van der Waals surface area (Å²) in [6, 6.07) is 3.36. The van der Waals surface area contributed by atoms with E-state index in [4.69, 9.17) is 15.9 Å². The highest BCUT2D eigenvalue weighted by Gasteiger charge is 2.02. The molecule has 17 heavy (non-hydrogen) atoms. The van der Waals surface area contributed by atoms with Gasteiger partial charge in [-0.15, -0.1) is 0 Å². The van der Waals surface area contributed by atoms with Crippen LogP contribution >= 0.6 is 0 Å². The van der Waals surface area contributed by atoms with Gasteiger partial charge >= 0.3 is 0 Å². The summed E-state index contributed by atoms with van der Waals surface area (Å²) in [6.07, 6.45) is 4.97. The molecule has 0 amide bonds. The molecule has 0 bridgehead atoms. The van der Waals surface area contributed by atoms with Crippen LogP contribution in [0.3, 0.4) is 0 Å². The van der Waals surface area contributed by atoms with Crippen molar-refractivity contribution in [2.24, 2.45) is 5.73 Å². The van der Waals surface area contributed by atoms with E-state index >= 15 is 0 Å². The number of nitrogens with one attached hydrogen (secondary N) is 1. The molecule has 0 aliphatic carbocycles. The van der Waals surface area contributed by atoms with Gasteiger partial charge in [0, 0.05) is 6.54 Å². The number of ether oxygens (including phenoxy) is 1. The Hall–Kier alpha value is -2.37. The predicted molar refractivity (Wildman–Crippen MR) is 63.2 cm³/mol. The van der Waals surface area contributed by atoms with Gasteiger partial charge in [0.15, 0.2) is 5.75 Å². The minimum absolute atomic E-state index is 0.0599. The maximum atomic E-state index is 7.22. The first-order chi connectivity index (χ1) is 8.19. The highest BCUT2D eigenvalue weighted by Crippen LogP contribution is 2.19. The molecule has 0 unspecified atom stereocenters. The molecule has 6 nitrogen and oxygen atoms in total. The van der Waals surface area contributed by atoms with Gasteiger partial charge in [-0.1, -0.05) is 0 Å². The SMILES string of the molecule is CCn1cc(Oc2ccc(C(=N)N)nc2)cn1. The molecule has 0 radical (unpaired) electrons. The van der Waals surface area contributed by atoms with E-state index in [0.717, 1.165) is 6.54 Å². The van der Waals surface area contributed by atoms with E-state index in [1.54, 1.807) is 29.2 Å². The van der Waals surface area contributed by atoms with Gasteiger partial charge in [-0.2, -0.15) is 5.10 Å². The minimum Gasteiger partial charge on any atom is -0.452 e. The van der Waals surface area contributed by atoms with Crippen molar-refractivity contribution >= 4 is 5.84 Å². The van der Waals surface area contributed by atoms with Gasteiger partial charge < -0.3 is 10.5 Å². The quantitative estimate of drug-likeness (QED) is 0.614. The maximum absolute atomic E-state index is 7.22. The van der Waals surface area contributed by atoms with Crippen LogP contribution in [-0.4, -0.2) is 20.6 Å². The molecule has 2 aromatic rings. The van der Waals surface area contributed by atoms with Gasteiger partial charge in [0.1, 0.15) is 17.3 Å². The molecular weight excluding hydrogens is 218 g/mol. The molecule has 0 saturated heterocycles. The van der Waals surface area contributed by atoms with E-state index in [2.05, 4.69) is 10.1 Å². The first-order valence-corrected chi connectivity index (χ1v) is 5.20. The normalized spacial score (nSPS) is 10.2. The van der Waals surface area contributed by atoms with E-state index in [0.29, 0.717) is 17.2 Å². The molecule has 0 saturated carbocycles. The Morgan fingerprint density at radius 1 is 1.41 bits per heavy atom. The van der Waals surface area contributed by atoms with Crippen LogP contribution < -0.4 is 10.5 Å². The fourth-order valence-corrected chi connectivity index (χ4v) is 1.31. The van der Waals surface area contributed by atoms with Crippen molar-refractivity contribution < 1.29 is 4.74 Å². The standard InChI is InChI=1S/C11H13N5O/c1-2-16-7-9(6-15-16)17-8-3-4-10(11(12)13)14-5-8/h3-7H,2H2,1H3,(H3,12,13). The lowest BCUT2D eigenvalue weighted by molar-refractivity contribution is 0.479. The highest BCUT2D eigenvalue weighted by atomic mass is 16.5. The van der Waals surface area contributed by atoms with E-state index in [9.17, 15) is 0 Å². The summed E-state index contributed by atoms with van der Waals surface area (Å²) in [5.74, 6) is 1.19. The van der Waals surface area contributed by atoms with Gasteiger partial charge in [-0.25, -0.2) is 4.98 Å². The van der Waals surface area contributed by atoms with Crippen LogP contribution in [0.1, 0.15) is 12.6 Å². The van der Waals surface area contributed by atoms with Crippen molar-refractivity contribution in [1.82, 2.24) is 14.8 Å². The summed E-state index contributed by atoms with van der Waals surface area (Å²) < 4.78 is 7.31. The smallest absolute Gasteiger partial charge is 0.165 e. The minimum atomic E-state index is -0.0599. The second-order valence-electron chi connectivity index (χ2n) is 3.43. The lowest BCUT2D eigenvalue weighted by atomic mass is 10.3. The second kappa shape index (κ2) is 4.65. The van der Waals surface area contributed by atoms with Crippen LogP contribution in [0.2, 0.25) is 0 Å². The molecule has 0 fully saturated rings. The zero-order valence-corrected chi connectivity index (χ0v) is 9.42. The van der Waals surface area contributed by atoms with E-state index in [1.165, 1.54) is 6.20 Å². The number of amidine groups is 1. The predicted octanol–water partition coefficient (Wildman–Crippen LogP) is 1.37. The topological polar surface area (TPSA) is 89.8 Å². The van der Waals surface area contributed by atoms with E-state index in [1.807, 2.05) is 6.92 Å². The molecule has 0 aliphatic heterocycles. The van der Waals surface area contributed by atoms with Gasteiger partial charge in [0.2, 0.25) is 0 Å². The molecule has 88 valence electrons. The number of pyridine rings is 1. The van der Waals surface area contributed by atoms with Crippen molar-refractivity contribution in [3.63, 3.8) is 0 Å². The molecule has 0 spiro atoms. The van der Waals surface area contributed by atoms with Crippen molar-refractivity contribution in [2.45, 2.75) is 13.5 Å². The maximum Gasteiger partial charge on any atom is 0.165 e. The van der Waals surface area contributed by atoms with E-state index in [-0.39, 0.29) is 5.84 Å². The first kappa shape index (κ1) is 11.1. The fraction of sp³-hybridized carbons (Fsp3) is 0.182. The average Bonchev–Trinajstić information content (AvgIpc) is 2.77. The summed E-state index contributed by atoms with van der Waals surface area (Å²) in [7, 11) is 0. The van der Waals surface area contributed by atoms with Gasteiger partial charge in [0.25, 0.3) is 0 Å². The lowest BCUT2D eigenvalue weighted by Gasteiger charge is -2.02. The van der Waals surface area contributed by atoms with Gasteiger partial charge in [-0.05, 0) is 19.1 Å². The molecule has 0 atom stereocenters. The zero-order valence-electron chi connectivity index (χ0n) is 9.42. The van der Waals surface area contributed by atoms with Crippen LogP contribution in [0.25, 0.3) is 0 Å². The Balaban J connectivity index is 2.10. The largest absolute Gasteiger partial charge is 0.452 e. The van der Waals surface area contributed by atoms with Crippen LogP contribution in [-0.2, 0) is 6.54 Å². The Morgan fingerprint density at radius 3 is 2.76 bits per heavy atom. The van der Waals surface area contributed by atoms with Gasteiger partial charge in [-0.3, -0.25) is 10.1 Å². The van der Waals surface area contributed by atoms with E-state index < -0.39 is 0 Å². The summed E-state index contributed by atoms with van der Waals surface area (Å²) in [6.45, 7) is 2.80. The Kier molecular flexibility index (Phi) is 3.04. The molecule has 3 N–H and O–H groups in total. The molecule has 2 aromatic heterocycles. The Labute approximate surface area is 98.5 Å². The zero-order chi connectivity index (χ0) is 12.3. The number of rotatable bonds is 4. The third kappa shape index (κ3) is 2.60. The Bertz CT molecular complexity index is 517. The summed E-state index contributed by atoms with van der Waals surface area (Å²) in [5, 5.41) is 11.3. The first-order valence-electron chi connectivity index (χ1n) is 5.20. The molecule has 0 aromatic carbocycles. The highest BCUT2D eigenvalue weighted by molar-refractivity contribution is 5.92. The van der Waals surface area contributed by atoms with Crippen molar-refractivity contribution in [3.05, 3.63) is 36.4 Å². The number of nitrogen functional groups attached to an aromatic ring is 1. The van der Waals surface area contributed by atoms with Crippen LogP contribution in [0.5, 0.6) is 11.5 Å². The molecule has 0 aliphatic rings. The van der Waals surface area contributed by atoms with Crippen LogP contribution in [0, 0.1) is 5.41 Å². The number of nitrogens with zero attached hydrogens (tertiary/aromatic N) is 3.